The molecular formula is C16H15N9O. The number of carbonyl (C=O) groups is 1. The van der Waals surface area contributed by atoms with E-state index in [1.165, 1.54) is 10.8 Å². The first-order valence-electron chi connectivity index (χ1n) is 7.86. The number of nitrogens with zero attached hydrogens (tertiary/aromatic N) is 8. The highest BCUT2D eigenvalue weighted by atomic mass is 16.2. The molecule has 0 fully saturated rings. The molecule has 10 nitrogen and oxygen atoms in total. The maximum absolute atomic E-state index is 12.5. The second kappa shape index (κ2) is 5.99. The van der Waals surface area contributed by atoms with E-state index in [1.807, 2.05) is 26.8 Å². The minimum absolute atomic E-state index is 0.0187. The van der Waals surface area contributed by atoms with E-state index in [1.54, 1.807) is 23.0 Å². The number of aryl methyl sites for hydroxylation is 3. The van der Waals surface area contributed by atoms with E-state index in [2.05, 4.69) is 35.3 Å². The number of amides is 1. The van der Waals surface area contributed by atoms with E-state index in [0.29, 0.717) is 17.4 Å². The Morgan fingerprint density at radius 2 is 1.92 bits per heavy atom. The van der Waals surface area contributed by atoms with E-state index in [9.17, 15) is 4.79 Å². The Morgan fingerprint density at radius 3 is 2.69 bits per heavy atom. The molecule has 4 rings (SSSR count). The Balaban J connectivity index is 1.63. The maximum atomic E-state index is 12.5. The third kappa shape index (κ3) is 2.77. The Hall–Kier alpha value is -3.69. The van der Waals surface area contributed by atoms with Crippen LogP contribution >= 0.6 is 0 Å². The van der Waals surface area contributed by atoms with Gasteiger partial charge >= 0.3 is 0 Å². The quantitative estimate of drug-likeness (QED) is 0.592. The van der Waals surface area contributed by atoms with Crippen LogP contribution in [0.15, 0.2) is 30.9 Å². The van der Waals surface area contributed by atoms with Gasteiger partial charge in [-0.2, -0.15) is 4.98 Å². The molecule has 4 aromatic heterocycles. The van der Waals surface area contributed by atoms with E-state index in [4.69, 9.17) is 0 Å². The van der Waals surface area contributed by atoms with Crippen LogP contribution in [0.2, 0.25) is 0 Å². The van der Waals surface area contributed by atoms with Crippen molar-refractivity contribution in [2.75, 3.05) is 5.32 Å². The molecule has 0 radical (unpaired) electrons. The van der Waals surface area contributed by atoms with Gasteiger partial charge in [-0.1, -0.05) is 0 Å². The number of imidazole rings is 1. The highest BCUT2D eigenvalue weighted by Gasteiger charge is 2.16. The maximum Gasteiger partial charge on any atom is 0.296 e. The van der Waals surface area contributed by atoms with Crippen molar-refractivity contribution in [2.45, 2.75) is 20.8 Å². The molecule has 4 heterocycles. The van der Waals surface area contributed by atoms with Crippen molar-refractivity contribution in [2.24, 2.45) is 0 Å². The van der Waals surface area contributed by atoms with Crippen molar-refractivity contribution in [3.8, 4) is 5.82 Å². The molecule has 0 aliphatic carbocycles. The predicted molar refractivity (Wildman–Crippen MR) is 92.1 cm³/mol. The van der Waals surface area contributed by atoms with E-state index >= 15 is 0 Å². The average molecular weight is 349 g/mol. The van der Waals surface area contributed by atoms with Crippen LogP contribution in [0.3, 0.4) is 0 Å². The van der Waals surface area contributed by atoms with E-state index in [-0.39, 0.29) is 5.82 Å². The zero-order chi connectivity index (χ0) is 18.3. The van der Waals surface area contributed by atoms with Crippen LogP contribution in [0, 0.1) is 20.8 Å². The monoisotopic (exact) mass is 349 g/mol. The van der Waals surface area contributed by atoms with Gasteiger partial charge in [0, 0.05) is 29.8 Å². The molecule has 1 amide bonds. The largest absolute Gasteiger partial charge is 0.304 e. The number of fused-ring (bicyclic) bond motifs is 1. The second-order valence-electron chi connectivity index (χ2n) is 5.75. The molecule has 0 bridgehead atoms. The van der Waals surface area contributed by atoms with Gasteiger partial charge in [-0.3, -0.25) is 9.36 Å². The molecule has 1 N–H and O–H groups in total. The van der Waals surface area contributed by atoms with E-state index in [0.717, 1.165) is 17.2 Å². The van der Waals surface area contributed by atoms with Gasteiger partial charge in [0.2, 0.25) is 5.82 Å². The summed E-state index contributed by atoms with van der Waals surface area (Å²) in [6, 6.07) is 3.52. The molecule has 0 aliphatic rings. The summed E-state index contributed by atoms with van der Waals surface area (Å²) in [5.41, 5.74) is 1.66. The Kier molecular flexibility index (Phi) is 3.64. The van der Waals surface area contributed by atoms with Crippen molar-refractivity contribution in [3.63, 3.8) is 0 Å². The Bertz CT molecular complexity index is 1130. The third-order valence-corrected chi connectivity index (χ3v) is 3.79. The summed E-state index contributed by atoms with van der Waals surface area (Å²) in [5, 5.41) is 6.89. The number of rotatable bonds is 3. The van der Waals surface area contributed by atoms with Gasteiger partial charge in [0.25, 0.3) is 11.7 Å². The lowest BCUT2D eigenvalue weighted by atomic mass is 10.4. The van der Waals surface area contributed by atoms with Crippen molar-refractivity contribution in [3.05, 3.63) is 53.9 Å². The zero-order valence-corrected chi connectivity index (χ0v) is 14.4. The smallest absolute Gasteiger partial charge is 0.296 e. The SMILES string of the molecule is Cc1cc(C)n2nc(C(=O)Nc3cc(-n4ccnc4C)ncn3)nc2n1. The topological polar surface area (TPSA) is 116 Å². The number of hydrogen-bond donors (Lipinski definition) is 1. The summed E-state index contributed by atoms with van der Waals surface area (Å²) in [5.74, 6) is 1.64. The molecular weight excluding hydrogens is 334 g/mol. The minimum atomic E-state index is -0.473. The molecule has 0 aliphatic heterocycles. The van der Waals surface area contributed by atoms with Gasteiger partial charge in [0.1, 0.15) is 23.8 Å². The van der Waals surface area contributed by atoms with Gasteiger partial charge in [-0.25, -0.2) is 24.5 Å². The number of carbonyl (C=O) groups excluding carboxylic acids is 1. The van der Waals surface area contributed by atoms with Gasteiger partial charge in [-0.05, 0) is 26.8 Å². The highest BCUT2D eigenvalue weighted by Crippen LogP contribution is 2.12. The molecule has 0 saturated heterocycles. The molecule has 0 spiro atoms. The summed E-state index contributed by atoms with van der Waals surface area (Å²) in [6.45, 7) is 5.60. The summed E-state index contributed by atoms with van der Waals surface area (Å²) in [7, 11) is 0. The van der Waals surface area contributed by atoms with Crippen molar-refractivity contribution >= 4 is 17.5 Å². The summed E-state index contributed by atoms with van der Waals surface area (Å²) in [6.07, 6.45) is 4.83. The lowest BCUT2D eigenvalue weighted by Crippen LogP contribution is -2.15. The molecule has 10 heteroatoms. The minimum Gasteiger partial charge on any atom is -0.304 e. The van der Waals surface area contributed by atoms with Crippen LogP contribution in [0.4, 0.5) is 5.82 Å². The fraction of sp³-hybridized carbons (Fsp3) is 0.188. The lowest BCUT2D eigenvalue weighted by molar-refractivity contribution is 0.101. The average Bonchev–Trinajstić information content (AvgIpc) is 3.21. The molecule has 0 atom stereocenters. The van der Waals surface area contributed by atoms with Crippen LogP contribution in [0.5, 0.6) is 0 Å². The van der Waals surface area contributed by atoms with Crippen molar-refractivity contribution in [1.82, 2.24) is 39.1 Å². The first-order chi connectivity index (χ1) is 12.5. The first kappa shape index (κ1) is 15.8. The van der Waals surface area contributed by atoms with E-state index < -0.39 is 5.91 Å². The molecule has 26 heavy (non-hydrogen) atoms. The van der Waals surface area contributed by atoms with Crippen molar-refractivity contribution < 1.29 is 4.79 Å². The predicted octanol–water partition coefficient (Wildman–Crippen LogP) is 1.28. The highest BCUT2D eigenvalue weighted by molar-refractivity contribution is 6.01. The summed E-state index contributed by atoms with van der Waals surface area (Å²) >= 11 is 0. The van der Waals surface area contributed by atoms with Gasteiger partial charge in [0.05, 0.1) is 0 Å². The van der Waals surface area contributed by atoms with Gasteiger partial charge in [0.15, 0.2) is 0 Å². The first-order valence-corrected chi connectivity index (χ1v) is 7.86. The van der Waals surface area contributed by atoms with Crippen LogP contribution in [-0.2, 0) is 0 Å². The number of aromatic nitrogens is 8. The fourth-order valence-corrected chi connectivity index (χ4v) is 2.60. The lowest BCUT2D eigenvalue weighted by Gasteiger charge is -2.06. The van der Waals surface area contributed by atoms with Crippen molar-refractivity contribution in [1.29, 1.82) is 0 Å². The molecule has 0 unspecified atom stereocenters. The van der Waals surface area contributed by atoms with Crippen LogP contribution in [-0.4, -0.2) is 45.0 Å². The molecule has 0 aromatic carbocycles. The number of nitrogens with one attached hydrogen (secondary N) is 1. The normalized spacial score (nSPS) is 11.0. The second-order valence-corrected chi connectivity index (χ2v) is 5.75. The standard InChI is InChI=1S/C16H15N9O/c1-9-6-10(2)25-16(20-9)22-14(23-25)15(26)21-12-7-13(19-8-18-12)24-5-4-17-11(24)3/h4-8H,1-3H3,(H,18,19,21,26). The zero-order valence-electron chi connectivity index (χ0n) is 14.4. The summed E-state index contributed by atoms with van der Waals surface area (Å²) in [4.78, 5) is 33.4. The Labute approximate surface area is 148 Å². The fourth-order valence-electron chi connectivity index (χ4n) is 2.60. The molecule has 130 valence electrons. The molecule has 4 aromatic rings. The number of anilines is 1. The number of hydrogen-bond acceptors (Lipinski definition) is 7. The van der Waals surface area contributed by atoms with Crippen LogP contribution in [0.25, 0.3) is 11.6 Å². The van der Waals surface area contributed by atoms with Gasteiger partial charge < -0.3 is 5.32 Å². The van der Waals surface area contributed by atoms with Crippen LogP contribution < -0.4 is 5.32 Å². The van der Waals surface area contributed by atoms with Gasteiger partial charge in [-0.15, -0.1) is 5.10 Å². The third-order valence-electron chi connectivity index (χ3n) is 3.79. The Morgan fingerprint density at radius 1 is 1.08 bits per heavy atom. The molecule has 0 saturated carbocycles. The van der Waals surface area contributed by atoms with Crippen LogP contribution in [0.1, 0.15) is 27.8 Å². The summed E-state index contributed by atoms with van der Waals surface area (Å²) < 4.78 is 3.32.